The lowest BCUT2D eigenvalue weighted by Crippen LogP contribution is -2.38. The minimum Gasteiger partial charge on any atom is -0.379 e. The lowest BCUT2D eigenvalue weighted by Gasteiger charge is -2.42. The van der Waals surface area contributed by atoms with Gasteiger partial charge in [0, 0.05) is 36.9 Å². The average molecular weight is 512 g/mol. The minimum atomic E-state index is -2.57. The van der Waals surface area contributed by atoms with Gasteiger partial charge in [-0.05, 0) is 42.8 Å². The van der Waals surface area contributed by atoms with Gasteiger partial charge >= 0.3 is 0 Å². The summed E-state index contributed by atoms with van der Waals surface area (Å²) < 4.78 is 16.3. The lowest BCUT2D eigenvalue weighted by atomic mass is 9.84. The molecule has 0 unspecified atom stereocenters. The zero-order chi connectivity index (χ0) is 25.6. The van der Waals surface area contributed by atoms with Gasteiger partial charge in [-0.25, -0.2) is 14.2 Å². The average Bonchev–Trinajstić information content (AvgIpc) is 3.38. The number of allylic oxidation sites excluding steroid dienone is 2. The van der Waals surface area contributed by atoms with E-state index in [-0.39, 0.29) is 5.41 Å². The molecule has 6 nitrogen and oxygen atoms in total. The van der Waals surface area contributed by atoms with Crippen LogP contribution in [0.1, 0.15) is 25.0 Å². The zero-order valence-corrected chi connectivity index (χ0v) is 22.9. The molecule has 3 aromatic rings. The van der Waals surface area contributed by atoms with Crippen molar-refractivity contribution >= 4 is 30.6 Å². The predicted octanol–water partition coefficient (Wildman–Crippen LogP) is 7.14. The van der Waals surface area contributed by atoms with Gasteiger partial charge in [-0.3, -0.25) is 0 Å². The van der Waals surface area contributed by atoms with Crippen LogP contribution in [0.25, 0.3) is 0 Å². The van der Waals surface area contributed by atoms with Gasteiger partial charge in [0.05, 0.1) is 36.1 Å². The van der Waals surface area contributed by atoms with Crippen LogP contribution in [0, 0.1) is 6.92 Å². The molecule has 0 aromatic heterocycles. The SMILES string of the molecule is Cc1ccc(N=[P@]2(N3CCOCC3)/C(=C3/N(C)c4ccccc4C3(C)C)C=NN2c2ccccc2)cc1. The minimum absolute atomic E-state index is 0.195. The Morgan fingerprint density at radius 2 is 1.57 bits per heavy atom. The number of likely N-dealkylation sites (N-methyl/N-ethyl adjacent to an activating group) is 1. The topological polar surface area (TPSA) is 43.7 Å². The van der Waals surface area contributed by atoms with Crippen LogP contribution >= 0.6 is 7.36 Å². The number of rotatable bonds is 3. The van der Waals surface area contributed by atoms with E-state index in [0.717, 1.165) is 24.5 Å². The summed E-state index contributed by atoms with van der Waals surface area (Å²) in [5.41, 5.74) is 6.92. The maximum Gasteiger partial charge on any atom is 0.180 e. The van der Waals surface area contributed by atoms with Gasteiger partial charge in [0.1, 0.15) is 0 Å². The second-order valence-corrected chi connectivity index (χ2v) is 13.1. The maximum absolute atomic E-state index is 5.83. The van der Waals surface area contributed by atoms with Crippen LogP contribution < -0.4 is 9.68 Å². The molecule has 3 aliphatic rings. The number of anilines is 2. The Kier molecular flexibility index (Phi) is 6.07. The van der Waals surface area contributed by atoms with Crippen molar-refractivity contribution in [1.29, 1.82) is 0 Å². The number of hydrogen-bond acceptors (Lipinski definition) is 4. The predicted molar refractivity (Wildman–Crippen MR) is 155 cm³/mol. The molecule has 0 N–H and O–H groups in total. The quantitative estimate of drug-likeness (QED) is 0.351. The highest BCUT2D eigenvalue weighted by atomic mass is 31.2. The molecule has 190 valence electrons. The molecule has 7 heteroatoms. The Bertz CT molecular complexity index is 1420. The molecule has 3 heterocycles. The number of fused-ring (bicyclic) bond motifs is 1. The van der Waals surface area contributed by atoms with E-state index >= 15 is 0 Å². The fourth-order valence-electron chi connectivity index (χ4n) is 5.84. The Hall–Kier alpha value is -3.18. The van der Waals surface area contributed by atoms with Crippen LogP contribution in [0.5, 0.6) is 0 Å². The smallest absolute Gasteiger partial charge is 0.180 e. The molecule has 1 fully saturated rings. The standard InChI is InChI=1S/C30H34N5OP/c1-23-14-16-24(17-15-23)32-37(34-18-20-36-21-19-34)28(22-31-35(37)25-10-6-5-7-11-25)29-30(2,3)26-12-8-9-13-27(26)33(29)4/h5-17,22H,18-21H2,1-4H3/b29-28+/t37-/m0/s1. The number of nitrogens with zero attached hydrogens (tertiary/aromatic N) is 5. The maximum atomic E-state index is 5.83. The third kappa shape index (κ3) is 3.86. The third-order valence-corrected chi connectivity index (χ3v) is 11.2. The summed E-state index contributed by atoms with van der Waals surface area (Å²) in [5.74, 6) is 0. The Balaban J connectivity index is 1.68. The van der Waals surface area contributed by atoms with E-state index in [1.807, 2.05) is 0 Å². The molecule has 0 radical (unpaired) electrons. The molecule has 0 spiro atoms. The first-order valence-electron chi connectivity index (χ1n) is 12.9. The molecule has 3 aromatic carbocycles. The van der Waals surface area contributed by atoms with E-state index in [1.165, 1.54) is 27.8 Å². The van der Waals surface area contributed by atoms with E-state index in [1.54, 1.807) is 0 Å². The first-order valence-corrected chi connectivity index (χ1v) is 14.6. The molecule has 0 saturated carbocycles. The van der Waals surface area contributed by atoms with Crippen molar-refractivity contribution in [3.05, 3.63) is 101 Å². The van der Waals surface area contributed by atoms with Crippen molar-refractivity contribution in [2.45, 2.75) is 26.2 Å². The normalized spacial score (nSPS) is 25.0. The van der Waals surface area contributed by atoms with Crippen molar-refractivity contribution in [2.75, 3.05) is 43.0 Å². The van der Waals surface area contributed by atoms with E-state index in [9.17, 15) is 0 Å². The summed E-state index contributed by atoms with van der Waals surface area (Å²) in [4.78, 5) is 2.37. The summed E-state index contributed by atoms with van der Waals surface area (Å²) in [6.45, 7) is 9.78. The molecule has 37 heavy (non-hydrogen) atoms. The molecule has 0 bridgehead atoms. The van der Waals surface area contributed by atoms with Gasteiger partial charge in [0.25, 0.3) is 0 Å². The third-order valence-electron chi connectivity index (χ3n) is 7.64. The summed E-state index contributed by atoms with van der Waals surface area (Å²) in [6.07, 6.45) is 2.09. The molecular weight excluding hydrogens is 477 g/mol. The molecular formula is C30H34N5OP. The second-order valence-electron chi connectivity index (χ2n) is 10.4. The largest absolute Gasteiger partial charge is 0.379 e. The summed E-state index contributed by atoms with van der Waals surface area (Å²) >= 11 is 0. The highest BCUT2D eigenvalue weighted by Crippen LogP contribution is 2.70. The second kappa shape index (κ2) is 9.29. The molecule has 0 amide bonds. The number of hydrogen-bond donors (Lipinski definition) is 0. The van der Waals surface area contributed by atoms with Crippen molar-refractivity contribution in [3.8, 4) is 0 Å². The van der Waals surface area contributed by atoms with E-state index in [0.29, 0.717) is 13.2 Å². The molecule has 1 atom stereocenters. The number of morpholine rings is 1. The van der Waals surface area contributed by atoms with Crippen LogP contribution in [0.2, 0.25) is 0 Å². The fraction of sp³-hybridized carbons (Fsp3) is 0.300. The van der Waals surface area contributed by atoms with Gasteiger partial charge in [-0.15, -0.1) is 0 Å². The zero-order valence-electron chi connectivity index (χ0n) is 22.0. The van der Waals surface area contributed by atoms with Crippen LogP contribution in [-0.2, 0) is 10.2 Å². The summed E-state index contributed by atoms with van der Waals surface area (Å²) in [6, 6.07) is 27.8. The van der Waals surface area contributed by atoms with Crippen LogP contribution in [0.3, 0.4) is 0 Å². The first kappa shape index (κ1) is 24.2. The number of benzene rings is 3. The van der Waals surface area contributed by atoms with Crippen molar-refractivity contribution < 1.29 is 4.74 Å². The summed E-state index contributed by atoms with van der Waals surface area (Å²) in [7, 11) is -0.380. The molecule has 1 saturated heterocycles. The highest BCUT2D eigenvalue weighted by Gasteiger charge is 2.49. The van der Waals surface area contributed by atoms with Gasteiger partial charge in [0.2, 0.25) is 0 Å². The Morgan fingerprint density at radius 1 is 0.892 bits per heavy atom. The van der Waals surface area contributed by atoms with E-state index in [4.69, 9.17) is 14.6 Å². The summed E-state index contributed by atoms with van der Waals surface area (Å²) in [5, 5.41) is 6.34. The van der Waals surface area contributed by atoms with Crippen molar-refractivity contribution in [3.63, 3.8) is 0 Å². The number of hydrazone groups is 1. The van der Waals surface area contributed by atoms with Gasteiger partial charge in [-0.1, -0.05) is 67.9 Å². The lowest BCUT2D eigenvalue weighted by molar-refractivity contribution is 0.0743. The highest BCUT2D eigenvalue weighted by molar-refractivity contribution is 7.71. The Morgan fingerprint density at radius 3 is 2.27 bits per heavy atom. The monoisotopic (exact) mass is 511 g/mol. The van der Waals surface area contributed by atoms with Gasteiger partial charge < -0.3 is 9.64 Å². The molecule has 3 aliphatic heterocycles. The Labute approximate surface area is 220 Å². The number of aryl methyl sites for hydroxylation is 1. The van der Waals surface area contributed by atoms with E-state index < -0.39 is 7.36 Å². The molecule has 0 aliphatic carbocycles. The van der Waals surface area contributed by atoms with Crippen molar-refractivity contribution in [2.24, 2.45) is 9.85 Å². The van der Waals surface area contributed by atoms with Gasteiger partial charge in [0.15, 0.2) is 7.36 Å². The van der Waals surface area contributed by atoms with Crippen molar-refractivity contribution in [1.82, 2.24) is 4.67 Å². The van der Waals surface area contributed by atoms with Gasteiger partial charge in [-0.2, -0.15) is 5.10 Å². The first-order chi connectivity index (χ1) is 17.9. The van der Waals surface area contributed by atoms with Crippen LogP contribution in [0.15, 0.2) is 99.7 Å². The number of ether oxygens (including phenoxy) is 1. The number of para-hydroxylation sites is 2. The molecule has 6 rings (SSSR count). The van der Waals surface area contributed by atoms with Crippen LogP contribution in [-0.4, -0.2) is 44.2 Å². The van der Waals surface area contributed by atoms with E-state index in [2.05, 4.69) is 127 Å². The fourth-order valence-corrected chi connectivity index (χ4v) is 9.66. The van der Waals surface area contributed by atoms with Crippen LogP contribution in [0.4, 0.5) is 17.1 Å².